The third kappa shape index (κ3) is 2.16. The third-order valence-electron chi connectivity index (χ3n) is 4.18. The molecule has 124 valence electrons. The molecule has 1 unspecified atom stereocenters. The lowest BCUT2D eigenvalue weighted by Crippen LogP contribution is -2.31. The van der Waals surface area contributed by atoms with Gasteiger partial charge in [0, 0.05) is 6.20 Å². The lowest BCUT2D eigenvalue weighted by molar-refractivity contribution is -0.199. The predicted octanol–water partition coefficient (Wildman–Crippen LogP) is -0.283. The van der Waals surface area contributed by atoms with Crippen LogP contribution < -0.4 is 11.3 Å². The molecule has 2 aliphatic heterocycles. The van der Waals surface area contributed by atoms with Gasteiger partial charge in [-0.25, -0.2) is 0 Å². The highest BCUT2D eigenvalue weighted by atomic mass is 16.8. The number of nitrogens with two attached hydrogens (primary N) is 1. The number of hydrogen-bond acceptors (Lipinski definition) is 7. The largest absolute Gasteiger partial charge is 0.394 e. The van der Waals surface area contributed by atoms with Crippen LogP contribution in [0.2, 0.25) is 0 Å². The van der Waals surface area contributed by atoms with Gasteiger partial charge in [-0.1, -0.05) is 0 Å². The zero-order valence-electron chi connectivity index (χ0n) is 12.7. The standard InChI is InChI=1S/C14H18N4O5/c1-14(2)22-8-7(5-19)21-12(9(8)23-14)18-4-3-6-10(18)16-13(15)17-11(6)20/h3-4,7-9,12,19H,5H2,1-2H3,(H3,15,16,17,20)/t7-,8?,9+,12-/m1/s1. The van der Waals surface area contributed by atoms with Crippen LogP contribution in [-0.2, 0) is 14.2 Å². The maximum Gasteiger partial charge on any atom is 0.261 e. The average Bonchev–Trinajstić information content (AvgIpc) is 3.09. The lowest BCUT2D eigenvalue weighted by Gasteiger charge is -2.24. The first kappa shape index (κ1) is 14.6. The topological polar surface area (TPSA) is 125 Å². The average molecular weight is 322 g/mol. The van der Waals surface area contributed by atoms with E-state index in [1.165, 1.54) is 0 Å². The van der Waals surface area contributed by atoms with E-state index in [-0.39, 0.29) is 18.1 Å². The molecule has 0 aliphatic carbocycles. The Kier molecular flexibility index (Phi) is 3.04. The minimum absolute atomic E-state index is 0.0274. The van der Waals surface area contributed by atoms with Crippen molar-refractivity contribution >= 4 is 17.0 Å². The molecule has 2 aromatic rings. The quantitative estimate of drug-likeness (QED) is 0.694. The van der Waals surface area contributed by atoms with Crippen molar-refractivity contribution in [1.82, 2.24) is 14.5 Å². The summed E-state index contributed by atoms with van der Waals surface area (Å²) in [5.41, 5.74) is 5.73. The molecule has 4 N–H and O–H groups in total. The first-order chi connectivity index (χ1) is 10.9. The molecule has 23 heavy (non-hydrogen) atoms. The molecule has 2 saturated heterocycles. The second-order valence-corrected chi connectivity index (χ2v) is 6.22. The SMILES string of the molecule is CC1(C)OC2[C@@H](CO)O[C@@H](n3ccc4c(=O)[nH]c(N)nc43)[C@H]2O1. The van der Waals surface area contributed by atoms with Crippen molar-refractivity contribution in [2.24, 2.45) is 0 Å². The molecule has 0 spiro atoms. The van der Waals surface area contributed by atoms with Crippen molar-refractivity contribution in [3.63, 3.8) is 0 Å². The molecule has 0 bridgehead atoms. The fourth-order valence-corrected chi connectivity index (χ4v) is 3.30. The van der Waals surface area contributed by atoms with Gasteiger partial charge in [-0.15, -0.1) is 0 Å². The summed E-state index contributed by atoms with van der Waals surface area (Å²) < 4.78 is 19.3. The fourth-order valence-electron chi connectivity index (χ4n) is 3.30. The van der Waals surface area contributed by atoms with Gasteiger partial charge in [-0.3, -0.25) is 9.78 Å². The first-order valence-electron chi connectivity index (χ1n) is 7.38. The molecule has 2 aliphatic rings. The van der Waals surface area contributed by atoms with Gasteiger partial charge in [0.15, 0.2) is 17.7 Å². The van der Waals surface area contributed by atoms with Gasteiger partial charge < -0.3 is 29.6 Å². The molecule has 0 aromatic carbocycles. The Morgan fingerprint density at radius 2 is 2.17 bits per heavy atom. The molecule has 2 fully saturated rings. The molecule has 4 heterocycles. The van der Waals surface area contributed by atoms with Crippen LogP contribution in [0.4, 0.5) is 5.95 Å². The summed E-state index contributed by atoms with van der Waals surface area (Å²) in [7, 11) is 0. The van der Waals surface area contributed by atoms with Crippen LogP contribution in [0.1, 0.15) is 20.1 Å². The number of anilines is 1. The van der Waals surface area contributed by atoms with Crippen LogP contribution in [0.25, 0.3) is 11.0 Å². The molecule has 0 amide bonds. The van der Waals surface area contributed by atoms with Gasteiger partial charge in [-0.2, -0.15) is 4.98 Å². The van der Waals surface area contributed by atoms with E-state index >= 15 is 0 Å². The van der Waals surface area contributed by atoms with E-state index in [1.54, 1.807) is 16.8 Å². The number of H-pyrrole nitrogens is 1. The van der Waals surface area contributed by atoms with Gasteiger partial charge in [0.05, 0.1) is 12.0 Å². The maximum absolute atomic E-state index is 12.0. The summed E-state index contributed by atoms with van der Waals surface area (Å²) in [5, 5.41) is 9.95. The summed E-state index contributed by atoms with van der Waals surface area (Å²) >= 11 is 0. The smallest absolute Gasteiger partial charge is 0.261 e. The van der Waals surface area contributed by atoms with Crippen molar-refractivity contribution in [1.29, 1.82) is 0 Å². The van der Waals surface area contributed by atoms with Crippen molar-refractivity contribution in [2.75, 3.05) is 12.3 Å². The van der Waals surface area contributed by atoms with E-state index in [4.69, 9.17) is 19.9 Å². The second-order valence-electron chi connectivity index (χ2n) is 6.22. The molecule has 2 aromatic heterocycles. The Morgan fingerprint density at radius 3 is 2.91 bits per heavy atom. The van der Waals surface area contributed by atoms with Crippen LogP contribution in [0.15, 0.2) is 17.1 Å². The molecule has 0 saturated carbocycles. The van der Waals surface area contributed by atoms with Gasteiger partial charge in [0.25, 0.3) is 5.56 Å². The van der Waals surface area contributed by atoms with Crippen molar-refractivity contribution in [2.45, 2.75) is 44.2 Å². The number of ether oxygens (including phenoxy) is 3. The summed E-state index contributed by atoms with van der Waals surface area (Å²) in [5.74, 6) is -0.739. The lowest BCUT2D eigenvalue weighted by atomic mass is 10.1. The fraction of sp³-hybridized carbons (Fsp3) is 0.571. The minimum Gasteiger partial charge on any atom is -0.394 e. The highest BCUT2D eigenvalue weighted by molar-refractivity contribution is 5.76. The number of aromatic amines is 1. The van der Waals surface area contributed by atoms with E-state index in [0.717, 1.165) is 0 Å². The Bertz CT molecular complexity index is 813. The summed E-state index contributed by atoms with van der Waals surface area (Å²) in [6.45, 7) is 3.43. The third-order valence-corrected chi connectivity index (χ3v) is 4.18. The highest BCUT2D eigenvalue weighted by Gasteiger charge is 2.55. The zero-order chi connectivity index (χ0) is 16.4. The first-order valence-corrected chi connectivity index (χ1v) is 7.38. The summed E-state index contributed by atoms with van der Waals surface area (Å²) in [4.78, 5) is 18.6. The van der Waals surface area contributed by atoms with Crippen LogP contribution in [0, 0.1) is 0 Å². The molecule has 9 heteroatoms. The number of hydrogen-bond donors (Lipinski definition) is 3. The predicted molar refractivity (Wildman–Crippen MR) is 79.6 cm³/mol. The number of aromatic nitrogens is 3. The Balaban J connectivity index is 1.80. The monoisotopic (exact) mass is 322 g/mol. The van der Waals surface area contributed by atoms with Crippen LogP contribution in [0.3, 0.4) is 0 Å². The number of fused-ring (bicyclic) bond motifs is 2. The van der Waals surface area contributed by atoms with E-state index in [0.29, 0.717) is 11.0 Å². The number of aliphatic hydroxyl groups excluding tert-OH is 1. The number of nitrogens with zero attached hydrogens (tertiary/aromatic N) is 2. The molecular weight excluding hydrogens is 304 g/mol. The maximum atomic E-state index is 12.0. The molecule has 9 nitrogen and oxygen atoms in total. The Hall–Kier alpha value is -1.94. The molecule has 4 atom stereocenters. The molecule has 4 rings (SSSR count). The van der Waals surface area contributed by atoms with Crippen LogP contribution in [-0.4, -0.2) is 50.3 Å². The van der Waals surface area contributed by atoms with E-state index < -0.39 is 30.3 Å². The summed E-state index contributed by atoms with van der Waals surface area (Å²) in [6, 6.07) is 1.65. The normalized spacial score (nSPS) is 32.5. The second kappa shape index (κ2) is 4.78. The van der Waals surface area contributed by atoms with Crippen LogP contribution in [0.5, 0.6) is 0 Å². The van der Waals surface area contributed by atoms with E-state index in [2.05, 4.69) is 9.97 Å². The van der Waals surface area contributed by atoms with E-state index in [9.17, 15) is 9.90 Å². The summed E-state index contributed by atoms with van der Waals surface area (Å²) in [6.07, 6.45) is -0.187. The van der Waals surface area contributed by atoms with Crippen molar-refractivity contribution in [3.8, 4) is 0 Å². The number of nitrogen functional groups attached to an aromatic ring is 1. The minimum atomic E-state index is -0.766. The van der Waals surface area contributed by atoms with Crippen LogP contribution >= 0.6 is 0 Å². The molecular formula is C14H18N4O5. The zero-order valence-corrected chi connectivity index (χ0v) is 12.7. The van der Waals surface area contributed by atoms with Crippen molar-refractivity contribution in [3.05, 3.63) is 22.6 Å². The number of rotatable bonds is 2. The van der Waals surface area contributed by atoms with Gasteiger partial charge in [-0.05, 0) is 19.9 Å². The number of nitrogens with one attached hydrogen (secondary N) is 1. The van der Waals surface area contributed by atoms with E-state index in [1.807, 2.05) is 13.8 Å². The Morgan fingerprint density at radius 1 is 1.43 bits per heavy atom. The highest BCUT2D eigenvalue weighted by Crippen LogP contribution is 2.43. The van der Waals surface area contributed by atoms with Gasteiger partial charge >= 0.3 is 0 Å². The Labute approximate surface area is 131 Å². The van der Waals surface area contributed by atoms with Gasteiger partial charge in [0.1, 0.15) is 18.3 Å². The van der Waals surface area contributed by atoms with Crippen molar-refractivity contribution < 1.29 is 19.3 Å². The number of aliphatic hydroxyl groups is 1. The van der Waals surface area contributed by atoms with Gasteiger partial charge in [0.2, 0.25) is 5.95 Å². The molecule has 0 radical (unpaired) electrons.